The largest absolute Gasteiger partial charge is 0.480 e. The number of halogens is 2. The van der Waals surface area contributed by atoms with Crippen molar-refractivity contribution in [3.63, 3.8) is 0 Å². The van der Waals surface area contributed by atoms with Crippen molar-refractivity contribution >= 4 is 35.1 Å². The second kappa shape index (κ2) is 8.51. The summed E-state index contributed by atoms with van der Waals surface area (Å²) in [6.07, 6.45) is 0.618. The van der Waals surface area contributed by atoms with E-state index in [4.69, 9.17) is 28.3 Å². The van der Waals surface area contributed by atoms with Crippen LogP contribution in [0.2, 0.25) is 10.0 Å². The highest BCUT2D eigenvalue weighted by Gasteiger charge is 2.26. The van der Waals surface area contributed by atoms with Gasteiger partial charge in [0.2, 0.25) is 5.82 Å². The summed E-state index contributed by atoms with van der Waals surface area (Å²) < 4.78 is 1.45. The molecule has 1 heterocycles. The molecule has 26 heavy (non-hydrogen) atoms. The van der Waals surface area contributed by atoms with E-state index in [9.17, 15) is 9.59 Å². The zero-order valence-corrected chi connectivity index (χ0v) is 16.3. The summed E-state index contributed by atoms with van der Waals surface area (Å²) in [4.78, 5) is 29.3. The number of carboxylic acids is 1. The first-order valence-corrected chi connectivity index (χ1v) is 8.94. The Morgan fingerprint density at radius 1 is 1.27 bits per heavy atom. The molecule has 1 aromatic heterocycles. The van der Waals surface area contributed by atoms with Gasteiger partial charge in [0, 0.05) is 12.5 Å². The molecule has 0 radical (unpaired) electrons. The summed E-state index contributed by atoms with van der Waals surface area (Å²) in [5, 5.41) is 14.1. The van der Waals surface area contributed by atoms with Crippen molar-refractivity contribution in [3.05, 3.63) is 39.9 Å². The van der Waals surface area contributed by atoms with Crippen LogP contribution in [0.3, 0.4) is 0 Å². The van der Waals surface area contributed by atoms with Crippen molar-refractivity contribution in [3.8, 4) is 5.69 Å². The number of aliphatic carboxylic acids is 1. The van der Waals surface area contributed by atoms with Crippen molar-refractivity contribution in [1.29, 1.82) is 0 Å². The monoisotopic (exact) mass is 398 g/mol. The van der Waals surface area contributed by atoms with Crippen LogP contribution in [0.1, 0.15) is 49.6 Å². The molecule has 0 aliphatic carbocycles. The van der Waals surface area contributed by atoms with Crippen LogP contribution >= 0.6 is 23.2 Å². The number of carbonyl (C=O) groups is 2. The fraction of sp³-hybridized carbons (Fsp3) is 0.412. The van der Waals surface area contributed by atoms with Crippen LogP contribution in [0, 0.1) is 0 Å². The van der Waals surface area contributed by atoms with Gasteiger partial charge in [0.25, 0.3) is 5.91 Å². The first kappa shape index (κ1) is 20.2. The lowest BCUT2D eigenvalue weighted by Gasteiger charge is -2.17. The fourth-order valence-corrected chi connectivity index (χ4v) is 3.03. The van der Waals surface area contributed by atoms with Crippen molar-refractivity contribution in [2.45, 2.75) is 33.1 Å². The van der Waals surface area contributed by atoms with E-state index in [0.717, 1.165) is 0 Å². The summed E-state index contributed by atoms with van der Waals surface area (Å²) in [5.41, 5.74) is 0.436. The lowest BCUT2D eigenvalue weighted by atomic mass is 10.2. The molecule has 0 unspecified atom stereocenters. The Labute approximate surface area is 161 Å². The maximum absolute atomic E-state index is 12.7. The van der Waals surface area contributed by atoms with E-state index in [1.165, 1.54) is 9.58 Å². The van der Waals surface area contributed by atoms with Crippen LogP contribution in [0.25, 0.3) is 5.69 Å². The minimum atomic E-state index is -1.09. The average Bonchev–Trinajstić information content (AvgIpc) is 2.98. The van der Waals surface area contributed by atoms with E-state index < -0.39 is 18.4 Å². The third-order valence-electron chi connectivity index (χ3n) is 3.60. The van der Waals surface area contributed by atoms with E-state index in [0.29, 0.717) is 34.5 Å². The van der Waals surface area contributed by atoms with Crippen molar-refractivity contribution in [1.82, 2.24) is 19.7 Å². The summed E-state index contributed by atoms with van der Waals surface area (Å²) >= 11 is 12.5. The van der Waals surface area contributed by atoms with Crippen molar-refractivity contribution < 1.29 is 14.7 Å². The zero-order valence-electron chi connectivity index (χ0n) is 14.7. The molecular weight excluding hydrogens is 379 g/mol. The van der Waals surface area contributed by atoms with E-state index in [-0.39, 0.29) is 11.7 Å². The highest BCUT2D eigenvalue weighted by molar-refractivity contribution is 6.37. The number of carbonyl (C=O) groups excluding carboxylic acids is 1. The Morgan fingerprint density at radius 3 is 2.38 bits per heavy atom. The van der Waals surface area contributed by atoms with Gasteiger partial charge in [-0.2, -0.15) is 0 Å². The van der Waals surface area contributed by atoms with Crippen molar-refractivity contribution in [2.24, 2.45) is 0 Å². The minimum Gasteiger partial charge on any atom is -0.480 e. The highest BCUT2D eigenvalue weighted by atomic mass is 35.5. The van der Waals surface area contributed by atoms with Gasteiger partial charge >= 0.3 is 5.97 Å². The number of amides is 1. The Bertz CT molecular complexity index is 800. The molecule has 0 saturated heterocycles. The van der Waals surface area contributed by atoms with Crippen LogP contribution in [0.15, 0.2) is 18.2 Å². The molecule has 1 aromatic carbocycles. The fourth-order valence-electron chi connectivity index (χ4n) is 2.47. The van der Waals surface area contributed by atoms with E-state index in [1.807, 2.05) is 20.8 Å². The first-order valence-electron chi connectivity index (χ1n) is 8.18. The molecule has 1 N–H and O–H groups in total. The van der Waals surface area contributed by atoms with Gasteiger partial charge in [-0.3, -0.25) is 9.59 Å². The molecule has 1 amide bonds. The smallest absolute Gasteiger partial charge is 0.323 e. The van der Waals surface area contributed by atoms with Crippen LogP contribution in [-0.4, -0.2) is 49.7 Å². The number of rotatable bonds is 7. The number of hydrogen-bond acceptors (Lipinski definition) is 4. The SMILES string of the molecule is CCCN(CC(=O)O)C(=O)c1nc(C(C)C)n(-c2c(Cl)cccc2Cl)n1. The third kappa shape index (κ3) is 4.34. The Morgan fingerprint density at radius 2 is 1.88 bits per heavy atom. The molecule has 2 rings (SSSR count). The first-order chi connectivity index (χ1) is 12.3. The molecule has 0 atom stereocenters. The lowest BCUT2D eigenvalue weighted by Crippen LogP contribution is -2.37. The minimum absolute atomic E-state index is 0.0597. The average molecular weight is 399 g/mol. The molecule has 2 aromatic rings. The van der Waals surface area contributed by atoms with Crippen LogP contribution in [-0.2, 0) is 4.79 Å². The summed E-state index contributed by atoms with van der Waals surface area (Å²) in [6, 6.07) is 5.05. The van der Waals surface area contributed by atoms with Gasteiger partial charge in [0.05, 0.1) is 10.0 Å². The van der Waals surface area contributed by atoms with E-state index >= 15 is 0 Å². The standard InChI is InChI=1S/C17H20Cl2N4O3/c1-4-8-22(9-13(24)25)17(26)15-20-16(10(2)3)23(21-15)14-11(18)6-5-7-12(14)19/h5-7,10H,4,8-9H2,1-3H3,(H,24,25). The van der Waals surface area contributed by atoms with Gasteiger partial charge in [-0.1, -0.05) is 50.0 Å². The Hall–Kier alpha value is -2.12. The van der Waals surface area contributed by atoms with E-state index in [1.54, 1.807) is 18.2 Å². The van der Waals surface area contributed by atoms with Gasteiger partial charge in [-0.25, -0.2) is 9.67 Å². The highest BCUT2D eigenvalue weighted by Crippen LogP contribution is 2.30. The molecule has 0 saturated carbocycles. The van der Waals surface area contributed by atoms with E-state index in [2.05, 4.69) is 10.1 Å². The zero-order chi connectivity index (χ0) is 19.4. The molecule has 0 spiro atoms. The van der Waals surface area contributed by atoms with Gasteiger partial charge < -0.3 is 10.0 Å². The summed E-state index contributed by atoms with van der Waals surface area (Å²) in [7, 11) is 0. The predicted octanol–water partition coefficient (Wildman–Crippen LogP) is 3.63. The van der Waals surface area contributed by atoms with Crippen molar-refractivity contribution in [2.75, 3.05) is 13.1 Å². The third-order valence-corrected chi connectivity index (χ3v) is 4.21. The lowest BCUT2D eigenvalue weighted by molar-refractivity contribution is -0.137. The number of para-hydroxylation sites is 1. The Kier molecular flexibility index (Phi) is 6.61. The second-order valence-electron chi connectivity index (χ2n) is 6.05. The molecule has 0 aliphatic heterocycles. The van der Waals surface area contributed by atoms with Gasteiger partial charge in [0.1, 0.15) is 18.1 Å². The number of aromatic nitrogens is 3. The molecule has 9 heteroatoms. The molecule has 0 fully saturated rings. The number of carboxylic acid groups (broad SMARTS) is 1. The predicted molar refractivity (Wildman–Crippen MR) is 99.3 cm³/mol. The molecule has 140 valence electrons. The summed E-state index contributed by atoms with van der Waals surface area (Å²) in [6.45, 7) is 5.55. The normalized spacial score (nSPS) is 11.0. The molecule has 7 nitrogen and oxygen atoms in total. The topological polar surface area (TPSA) is 88.3 Å². The number of nitrogens with zero attached hydrogens (tertiary/aromatic N) is 4. The van der Waals surface area contributed by atoms with Crippen LogP contribution in [0.4, 0.5) is 0 Å². The molecular formula is C17H20Cl2N4O3. The van der Waals surface area contributed by atoms with Gasteiger partial charge in [-0.05, 0) is 18.6 Å². The summed E-state index contributed by atoms with van der Waals surface area (Å²) in [5.74, 6) is -1.27. The van der Waals surface area contributed by atoms with Gasteiger partial charge in [-0.15, -0.1) is 5.10 Å². The van der Waals surface area contributed by atoms with Gasteiger partial charge in [0.15, 0.2) is 0 Å². The number of hydrogen-bond donors (Lipinski definition) is 1. The Balaban J connectivity index is 2.52. The van der Waals surface area contributed by atoms with Crippen LogP contribution in [0.5, 0.6) is 0 Å². The second-order valence-corrected chi connectivity index (χ2v) is 6.87. The quantitative estimate of drug-likeness (QED) is 0.768. The van der Waals surface area contributed by atoms with Crippen LogP contribution < -0.4 is 0 Å². The maximum atomic E-state index is 12.7. The maximum Gasteiger partial charge on any atom is 0.323 e. The number of benzene rings is 1. The molecule has 0 aliphatic rings. The molecule has 0 bridgehead atoms.